The molecule has 0 bridgehead atoms. The molecule has 3 rings (SSSR count). The summed E-state index contributed by atoms with van der Waals surface area (Å²) in [6.07, 6.45) is 3.48. The summed E-state index contributed by atoms with van der Waals surface area (Å²) in [4.78, 5) is 14.3. The monoisotopic (exact) mass is 306 g/mol. The minimum Gasteiger partial charge on any atom is -0.467 e. The largest absolute Gasteiger partial charge is 0.467 e. The van der Waals surface area contributed by atoms with Crippen molar-refractivity contribution in [2.24, 2.45) is 5.92 Å². The molecule has 1 N–H and O–H groups in total. The summed E-state index contributed by atoms with van der Waals surface area (Å²) in [5.41, 5.74) is 0.517. The van der Waals surface area contributed by atoms with Gasteiger partial charge in [-0.3, -0.25) is 0 Å². The quantitative estimate of drug-likeness (QED) is 0.801. The molecule has 0 radical (unpaired) electrons. The molecule has 1 saturated heterocycles. The van der Waals surface area contributed by atoms with E-state index in [1.807, 2.05) is 25.7 Å². The van der Waals surface area contributed by atoms with E-state index in [9.17, 15) is 4.79 Å². The van der Waals surface area contributed by atoms with Gasteiger partial charge in [0.25, 0.3) is 0 Å². The van der Waals surface area contributed by atoms with E-state index in [0.29, 0.717) is 12.5 Å². The summed E-state index contributed by atoms with van der Waals surface area (Å²) in [6.45, 7) is 10.1. The maximum atomic E-state index is 12.5. The van der Waals surface area contributed by atoms with Gasteiger partial charge in [-0.05, 0) is 51.2 Å². The second-order valence-corrected chi connectivity index (χ2v) is 7.70. The van der Waals surface area contributed by atoms with Crippen molar-refractivity contribution < 1.29 is 13.9 Å². The van der Waals surface area contributed by atoms with Crippen LogP contribution in [-0.4, -0.2) is 36.2 Å². The fourth-order valence-electron chi connectivity index (χ4n) is 3.72. The summed E-state index contributed by atoms with van der Waals surface area (Å²) >= 11 is 0. The molecule has 1 spiro atoms. The Hall–Kier alpha value is -1.49. The van der Waals surface area contributed by atoms with E-state index < -0.39 is 5.60 Å². The highest BCUT2D eigenvalue weighted by molar-refractivity contribution is 5.68. The smallest absolute Gasteiger partial charge is 0.410 e. The lowest BCUT2D eigenvalue weighted by Crippen LogP contribution is -2.60. The number of nitrogens with zero attached hydrogens (tertiary/aromatic N) is 1. The summed E-state index contributed by atoms with van der Waals surface area (Å²) in [7, 11) is 0. The average Bonchev–Trinajstić information content (AvgIpc) is 2.86. The van der Waals surface area contributed by atoms with E-state index in [-0.39, 0.29) is 11.6 Å². The third-order valence-electron chi connectivity index (χ3n) is 4.38. The molecule has 122 valence electrons. The van der Waals surface area contributed by atoms with E-state index in [0.717, 1.165) is 31.7 Å². The first kappa shape index (κ1) is 15.4. The number of ether oxygens (including phenoxy) is 1. The number of amides is 1. The topological polar surface area (TPSA) is 54.7 Å². The number of piperidine rings is 1. The molecule has 2 atom stereocenters. The molecule has 1 aromatic heterocycles. The molecule has 22 heavy (non-hydrogen) atoms. The number of hydrogen-bond acceptors (Lipinski definition) is 4. The second kappa shape index (κ2) is 5.30. The maximum Gasteiger partial charge on any atom is 0.410 e. The summed E-state index contributed by atoms with van der Waals surface area (Å²) in [5.74, 6) is 1.39. The fraction of sp³-hybridized carbons (Fsp3) is 0.706. The Morgan fingerprint density at radius 2 is 2.27 bits per heavy atom. The van der Waals surface area contributed by atoms with Crippen molar-refractivity contribution in [3.8, 4) is 0 Å². The Bertz CT molecular complexity index is 560. The molecule has 2 aliphatic heterocycles. The van der Waals surface area contributed by atoms with Gasteiger partial charge in [-0.2, -0.15) is 0 Å². The highest BCUT2D eigenvalue weighted by atomic mass is 16.6. The van der Waals surface area contributed by atoms with Crippen LogP contribution < -0.4 is 5.32 Å². The first-order valence-corrected chi connectivity index (χ1v) is 8.09. The second-order valence-electron chi connectivity index (χ2n) is 7.70. The van der Waals surface area contributed by atoms with Crippen LogP contribution in [0.3, 0.4) is 0 Å². The van der Waals surface area contributed by atoms with Gasteiger partial charge in [0, 0.05) is 19.6 Å². The van der Waals surface area contributed by atoms with Gasteiger partial charge in [-0.15, -0.1) is 0 Å². The molecule has 1 fully saturated rings. The number of likely N-dealkylation sites (tertiary alicyclic amines) is 1. The Morgan fingerprint density at radius 3 is 3.00 bits per heavy atom. The Labute approximate surface area is 132 Å². The van der Waals surface area contributed by atoms with Crippen LogP contribution >= 0.6 is 0 Å². The van der Waals surface area contributed by atoms with Crippen LogP contribution in [-0.2, 0) is 16.7 Å². The normalized spacial score (nSPS) is 28.5. The van der Waals surface area contributed by atoms with Crippen molar-refractivity contribution >= 4 is 6.09 Å². The number of hydrogen-bond donors (Lipinski definition) is 1. The van der Waals surface area contributed by atoms with Gasteiger partial charge in [0.05, 0.1) is 11.8 Å². The van der Waals surface area contributed by atoms with Gasteiger partial charge in [-0.1, -0.05) is 6.92 Å². The van der Waals surface area contributed by atoms with Gasteiger partial charge in [-0.25, -0.2) is 4.79 Å². The minimum absolute atomic E-state index is 0.237. The molecule has 0 saturated carbocycles. The number of rotatable bonds is 0. The molecule has 5 heteroatoms. The van der Waals surface area contributed by atoms with Crippen LogP contribution in [0.25, 0.3) is 0 Å². The molecule has 2 aliphatic rings. The lowest BCUT2D eigenvalue weighted by atomic mass is 9.78. The average molecular weight is 306 g/mol. The molecule has 1 amide bonds. The predicted molar refractivity (Wildman–Crippen MR) is 83.7 cm³/mol. The first-order chi connectivity index (χ1) is 10.3. The maximum absolute atomic E-state index is 12.5. The molecule has 0 aliphatic carbocycles. The number of carbonyl (C=O) groups excluding carboxylic acids is 1. The number of fused-ring (bicyclic) bond motifs is 2. The Balaban J connectivity index is 1.85. The first-order valence-electron chi connectivity index (χ1n) is 8.09. The fourth-order valence-corrected chi connectivity index (χ4v) is 3.72. The summed E-state index contributed by atoms with van der Waals surface area (Å²) in [5, 5.41) is 3.61. The molecule has 1 aromatic rings. The number of furan rings is 1. The molecule has 0 aromatic carbocycles. The van der Waals surface area contributed by atoms with Crippen LogP contribution in [0, 0.1) is 5.92 Å². The van der Waals surface area contributed by atoms with E-state index in [1.165, 1.54) is 5.56 Å². The van der Waals surface area contributed by atoms with E-state index in [2.05, 4.69) is 18.3 Å². The van der Waals surface area contributed by atoms with Gasteiger partial charge in [0.2, 0.25) is 0 Å². The molecule has 2 unspecified atom stereocenters. The van der Waals surface area contributed by atoms with Crippen molar-refractivity contribution in [2.45, 2.75) is 51.7 Å². The van der Waals surface area contributed by atoms with E-state index in [1.54, 1.807) is 6.26 Å². The Kier molecular flexibility index (Phi) is 3.71. The van der Waals surface area contributed by atoms with Gasteiger partial charge in [0.15, 0.2) is 0 Å². The zero-order chi connectivity index (χ0) is 16.0. The lowest BCUT2D eigenvalue weighted by Gasteiger charge is -2.46. The zero-order valence-electron chi connectivity index (χ0n) is 13.9. The SMILES string of the molecule is CC1CN(C(=O)OC(C)(C)C)CC2(C1)NCCc1ccoc12. The van der Waals surface area contributed by atoms with Crippen LogP contribution in [0.4, 0.5) is 4.79 Å². The minimum atomic E-state index is -0.471. The van der Waals surface area contributed by atoms with Gasteiger partial charge < -0.3 is 19.4 Å². The summed E-state index contributed by atoms with van der Waals surface area (Å²) < 4.78 is 11.3. The van der Waals surface area contributed by atoms with Crippen LogP contribution in [0.15, 0.2) is 16.7 Å². The number of carbonyl (C=O) groups is 1. The number of nitrogens with one attached hydrogen (secondary N) is 1. The third-order valence-corrected chi connectivity index (χ3v) is 4.38. The van der Waals surface area contributed by atoms with Crippen molar-refractivity contribution in [2.75, 3.05) is 19.6 Å². The third kappa shape index (κ3) is 2.86. The molecule has 3 heterocycles. The van der Waals surface area contributed by atoms with E-state index >= 15 is 0 Å². The van der Waals surface area contributed by atoms with Crippen molar-refractivity contribution in [1.82, 2.24) is 10.2 Å². The van der Waals surface area contributed by atoms with Crippen LogP contribution in [0.2, 0.25) is 0 Å². The molecular formula is C17H26N2O3. The molecule has 5 nitrogen and oxygen atoms in total. The van der Waals surface area contributed by atoms with Crippen molar-refractivity contribution in [1.29, 1.82) is 0 Å². The van der Waals surface area contributed by atoms with Crippen LogP contribution in [0.1, 0.15) is 45.4 Å². The molecular weight excluding hydrogens is 280 g/mol. The highest BCUT2D eigenvalue weighted by Crippen LogP contribution is 2.39. The van der Waals surface area contributed by atoms with Gasteiger partial charge in [0.1, 0.15) is 11.4 Å². The zero-order valence-corrected chi connectivity index (χ0v) is 13.9. The van der Waals surface area contributed by atoms with E-state index in [4.69, 9.17) is 9.15 Å². The standard InChI is InChI=1S/C17H26N2O3/c1-12-9-17(14-13(5-7-18-17)6-8-21-14)11-19(10-12)15(20)22-16(2,3)4/h6,8,12,18H,5,7,9-11H2,1-4H3. The van der Waals surface area contributed by atoms with Gasteiger partial charge >= 0.3 is 6.09 Å². The lowest BCUT2D eigenvalue weighted by molar-refractivity contribution is -0.00154. The van der Waals surface area contributed by atoms with Crippen molar-refractivity contribution in [3.05, 3.63) is 23.7 Å². The predicted octanol–water partition coefficient (Wildman–Crippen LogP) is 2.90. The van der Waals surface area contributed by atoms with Crippen molar-refractivity contribution in [3.63, 3.8) is 0 Å². The summed E-state index contributed by atoms with van der Waals surface area (Å²) in [6, 6.07) is 2.05. The van der Waals surface area contributed by atoms with Crippen LogP contribution in [0.5, 0.6) is 0 Å². The Morgan fingerprint density at radius 1 is 1.50 bits per heavy atom. The highest BCUT2D eigenvalue weighted by Gasteiger charge is 2.46.